The quantitative estimate of drug-likeness (QED) is 0.595. The zero-order valence-corrected chi connectivity index (χ0v) is 10.6. The third-order valence-corrected chi connectivity index (χ3v) is 2.64. The second-order valence-electron chi connectivity index (χ2n) is 3.97. The Morgan fingerprint density at radius 3 is 2.59 bits per heavy atom. The van der Waals surface area contributed by atoms with E-state index in [4.69, 9.17) is 10.5 Å². The molecule has 4 heteroatoms. The number of nitrogens with zero attached hydrogens (tertiary/aromatic N) is 2. The van der Waals surface area contributed by atoms with E-state index < -0.39 is 0 Å². The Morgan fingerprint density at radius 1 is 1.35 bits per heavy atom. The molecule has 2 N–H and O–H groups in total. The predicted molar refractivity (Wildman–Crippen MR) is 71.7 cm³/mol. The molecule has 0 unspecified atom stereocenters. The number of allylic oxidation sites excluding steroid dienone is 4. The van der Waals surface area contributed by atoms with Gasteiger partial charge >= 0.3 is 0 Å². The number of hydrogen-bond acceptors (Lipinski definition) is 4. The zero-order valence-electron chi connectivity index (χ0n) is 10.6. The van der Waals surface area contributed by atoms with Crippen molar-refractivity contribution in [1.29, 1.82) is 0 Å². The van der Waals surface area contributed by atoms with E-state index in [0.717, 1.165) is 37.6 Å². The first kappa shape index (κ1) is 13.5. The molecule has 0 saturated carbocycles. The van der Waals surface area contributed by atoms with Gasteiger partial charge in [0.1, 0.15) is 5.82 Å². The maximum Gasteiger partial charge on any atom is 0.142 e. The molecular weight excluding hydrogens is 214 g/mol. The fourth-order valence-electron chi connectivity index (χ4n) is 1.55. The van der Waals surface area contributed by atoms with Crippen molar-refractivity contribution in [2.75, 3.05) is 26.3 Å². The van der Waals surface area contributed by atoms with Crippen LogP contribution in [0.15, 0.2) is 40.8 Å². The van der Waals surface area contributed by atoms with Crippen LogP contribution in [0.3, 0.4) is 0 Å². The summed E-state index contributed by atoms with van der Waals surface area (Å²) >= 11 is 0. The highest BCUT2D eigenvalue weighted by atomic mass is 16.5. The van der Waals surface area contributed by atoms with Gasteiger partial charge in [-0.1, -0.05) is 18.7 Å². The van der Waals surface area contributed by atoms with E-state index in [1.807, 2.05) is 19.9 Å². The normalized spacial score (nSPS) is 19.4. The maximum absolute atomic E-state index is 5.94. The van der Waals surface area contributed by atoms with Crippen LogP contribution in [0.2, 0.25) is 0 Å². The minimum Gasteiger partial charge on any atom is -0.382 e. The lowest BCUT2D eigenvalue weighted by Crippen LogP contribution is -2.35. The Morgan fingerprint density at radius 2 is 2.00 bits per heavy atom. The maximum atomic E-state index is 5.94. The molecule has 4 nitrogen and oxygen atoms in total. The van der Waals surface area contributed by atoms with Crippen molar-refractivity contribution in [3.63, 3.8) is 0 Å². The highest BCUT2D eigenvalue weighted by Crippen LogP contribution is 2.09. The van der Waals surface area contributed by atoms with Crippen LogP contribution in [-0.4, -0.2) is 37.4 Å². The summed E-state index contributed by atoms with van der Waals surface area (Å²) in [4.78, 5) is 6.45. The van der Waals surface area contributed by atoms with Gasteiger partial charge in [0, 0.05) is 19.3 Å². The standard InChI is InChI=1S/C13H21N3O/c1-4-5-11(2)10-15-13(14)12(3)16-6-8-17-9-7-16/h4-5,10H,1,6-9,14H2,2-3H3/b11-5+,13-12+,15-10+. The first-order chi connectivity index (χ1) is 8.15. The van der Waals surface area contributed by atoms with Crippen molar-refractivity contribution in [1.82, 2.24) is 4.90 Å². The summed E-state index contributed by atoms with van der Waals surface area (Å²) in [5.74, 6) is 0.559. The molecule has 17 heavy (non-hydrogen) atoms. The molecule has 0 aromatic carbocycles. The van der Waals surface area contributed by atoms with Crippen LogP contribution in [0, 0.1) is 0 Å². The molecule has 1 heterocycles. The van der Waals surface area contributed by atoms with E-state index in [9.17, 15) is 0 Å². The van der Waals surface area contributed by atoms with Gasteiger partial charge in [-0.2, -0.15) is 0 Å². The second kappa shape index (κ2) is 6.91. The summed E-state index contributed by atoms with van der Waals surface area (Å²) in [5, 5.41) is 0. The summed E-state index contributed by atoms with van der Waals surface area (Å²) in [6.07, 6.45) is 5.37. The summed E-state index contributed by atoms with van der Waals surface area (Å²) in [6, 6.07) is 0. The average molecular weight is 235 g/mol. The Bertz CT molecular complexity index is 350. The molecule has 0 radical (unpaired) electrons. The van der Waals surface area contributed by atoms with Gasteiger partial charge in [0.25, 0.3) is 0 Å². The van der Waals surface area contributed by atoms with Crippen LogP contribution >= 0.6 is 0 Å². The molecule has 94 valence electrons. The van der Waals surface area contributed by atoms with Gasteiger partial charge in [-0.25, -0.2) is 4.99 Å². The summed E-state index contributed by atoms with van der Waals surface area (Å²) < 4.78 is 5.30. The Kier molecular flexibility index (Phi) is 5.49. The minimum atomic E-state index is 0.559. The van der Waals surface area contributed by atoms with Crippen LogP contribution in [-0.2, 0) is 4.74 Å². The molecule has 0 aliphatic carbocycles. The van der Waals surface area contributed by atoms with E-state index in [-0.39, 0.29) is 0 Å². The third-order valence-electron chi connectivity index (χ3n) is 2.64. The van der Waals surface area contributed by atoms with Gasteiger partial charge in [-0.05, 0) is 19.4 Å². The van der Waals surface area contributed by atoms with E-state index in [2.05, 4.69) is 16.5 Å². The van der Waals surface area contributed by atoms with Crippen molar-refractivity contribution >= 4 is 6.21 Å². The third kappa shape index (κ3) is 4.44. The van der Waals surface area contributed by atoms with Gasteiger partial charge in [-0.15, -0.1) is 0 Å². The number of aliphatic imine (C=N–C) groups is 1. The highest BCUT2D eigenvalue weighted by Gasteiger charge is 2.12. The molecule has 0 spiro atoms. The monoisotopic (exact) mass is 235 g/mol. The van der Waals surface area contributed by atoms with Crippen LogP contribution in [0.5, 0.6) is 0 Å². The fraction of sp³-hybridized carbons (Fsp3) is 0.462. The second-order valence-corrected chi connectivity index (χ2v) is 3.97. The molecule has 0 bridgehead atoms. The molecule has 1 rings (SSSR count). The van der Waals surface area contributed by atoms with Gasteiger partial charge in [0.2, 0.25) is 0 Å². The number of morpholine rings is 1. The fourth-order valence-corrected chi connectivity index (χ4v) is 1.55. The zero-order chi connectivity index (χ0) is 12.7. The van der Waals surface area contributed by atoms with Gasteiger partial charge in [0.15, 0.2) is 0 Å². The largest absolute Gasteiger partial charge is 0.382 e. The van der Waals surface area contributed by atoms with Gasteiger partial charge in [0.05, 0.1) is 18.9 Å². The Balaban J connectivity index is 2.68. The van der Waals surface area contributed by atoms with Crippen LogP contribution in [0.25, 0.3) is 0 Å². The predicted octanol–water partition coefficient (Wildman–Crippen LogP) is 1.67. The molecule has 1 aliphatic rings. The first-order valence-corrected chi connectivity index (χ1v) is 5.77. The lowest BCUT2D eigenvalue weighted by Gasteiger charge is -2.29. The first-order valence-electron chi connectivity index (χ1n) is 5.77. The summed E-state index contributed by atoms with van der Waals surface area (Å²) in [5.41, 5.74) is 7.97. The summed E-state index contributed by atoms with van der Waals surface area (Å²) in [6.45, 7) is 10.8. The number of rotatable bonds is 4. The highest BCUT2D eigenvalue weighted by molar-refractivity contribution is 5.78. The smallest absolute Gasteiger partial charge is 0.142 e. The molecular formula is C13H21N3O. The van der Waals surface area contributed by atoms with Gasteiger partial charge in [-0.3, -0.25) is 0 Å². The number of hydrogen-bond donors (Lipinski definition) is 1. The summed E-state index contributed by atoms with van der Waals surface area (Å²) in [7, 11) is 0. The van der Waals surface area contributed by atoms with E-state index in [0.29, 0.717) is 5.82 Å². The van der Waals surface area contributed by atoms with E-state index >= 15 is 0 Å². The molecule has 1 fully saturated rings. The lowest BCUT2D eigenvalue weighted by molar-refractivity contribution is 0.0532. The van der Waals surface area contributed by atoms with Crippen LogP contribution in [0.4, 0.5) is 0 Å². The van der Waals surface area contributed by atoms with E-state index in [1.54, 1.807) is 12.3 Å². The van der Waals surface area contributed by atoms with Crippen LogP contribution < -0.4 is 5.73 Å². The Labute approximate surface area is 103 Å². The van der Waals surface area contributed by atoms with Crippen molar-refractivity contribution in [3.8, 4) is 0 Å². The van der Waals surface area contributed by atoms with Crippen molar-refractivity contribution in [3.05, 3.63) is 35.8 Å². The number of ether oxygens (including phenoxy) is 1. The molecule has 1 aliphatic heterocycles. The minimum absolute atomic E-state index is 0.559. The SMILES string of the molecule is C=C/C=C(C)/C=N/C(N)=C(\C)N1CCOCC1. The Hall–Kier alpha value is -1.55. The van der Waals surface area contributed by atoms with Gasteiger partial charge < -0.3 is 15.4 Å². The lowest BCUT2D eigenvalue weighted by atomic mass is 10.3. The van der Waals surface area contributed by atoms with Crippen molar-refractivity contribution in [2.24, 2.45) is 10.7 Å². The molecule has 0 aromatic rings. The van der Waals surface area contributed by atoms with Crippen molar-refractivity contribution in [2.45, 2.75) is 13.8 Å². The molecule has 0 atom stereocenters. The molecule has 0 aromatic heterocycles. The topological polar surface area (TPSA) is 50.8 Å². The van der Waals surface area contributed by atoms with E-state index in [1.165, 1.54) is 0 Å². The van der Waals surface area contributed by atoms with Crippen molar-refractivity contribution < 1.29 is 4.74 Å². The average Bonchev–Trinajstić information content (AvgIpc) is 2.36. The molecule has 1 saturated heterocycles. The number of nitrogens with two attached hydrogens (primary N) is 1. The van der Waals surface area contributed by atoms with Crippen LogP contribution in [0.1, 0.15) is 13.8 Å². The molecule has 0 amide bonds.